The van der Waals surface area contributed by atoms with E-state index in [2.05, 4.69) is 0 Å². The van der Waals surface area contributed by atoms with Gasteiger partial charge in [-0.2, -0.15) is 0 Å². The summed E-state index contributed by atoms with van der Waals surface area (Å²) in [5.41, 5.74) is 5.84. The Kier molecular flexibility index (Phi) is 6.25. The van der Waals surface area contributed by atoms with Crippen molar-refractivity contribution in [3.8, 4) is 17.1 Å². The second-order valence-corrected chi connectivity index (χ2v) is 9.54. The number of benzene rings is 2. The van der Waals surface area contributed by atoms with Crippen molar-refractivity contribution in [1.29, 1.82) is 0 Å². The van der Waals surface area contributed by atoms with E-state index < -0.39 is 23.7 Å². The molecular formula is C25H23Cl2N5O3. The zero-order valence-electron chi connectivity index (χ0n) is 18.8. The van der Waals surface area contributed by atoms with Gasteiger partial charge in [0.2, 0.25) is 5.91 Å². The maximum atomic E-state index is 13.7. The summed E-state index contributed by atoms with van der Waals surface area (Å²) in [6.07, 6.45) is 4.56. The molecule has 1 amide bonds. The second kappa shape index (κ2) is 9.36. The fourth-order valence-corrected chi connectivity index (χ4v) is 5.18. The largest absolute Gasteiger partial charge is 0.368 e. The molecular weight excluding hydrogens is 489 g/mol. The number of hydrogen-bond donors (Lipinski definition) is 1. The highest BCUT2D eigenvalue weighted by Gasteiger charge is 2.28. The molecule has 2 heterocycles. The Balaban J connectivity index is 1.95. The van der Waals surface area contributed by atoms with Gasteiger partial charge in [-0.05, 0) is 49.2 Å². The maximum Gasteiger partial charge on any atom is 0.333 e. The summed E-state index contributed by atoms with van der Waals surface area (Å²) in [4.78, 5) is 44.0. The number of primary amides is 1. The van der Waals surface area contributed by atoms with Gasteiger partial charge in [-0.1, -0.05) is 54.6 Å². The number of amides is 1. The van der Waals surface area contributed by atoms with E-state index in [1.807, 2.05) is 6.07 Å². The van der Waals surface area contributed by atoms with Crippen LogP contribution >= 0.6 is 23.2 Å². The summed E-state index contributed by atoms with van der Waals surface area (Å²) in [5.74, 6) is -0.367. The second-order valence-electron chi connectivity index (χ2n) is 8.70. The molecule has 2 aromatic carbocycles. The molecule has 1 saturated carbocycles. The molecule has 0 aliphatic heterocycles. The molecule has 1 aliphatic rings. The number of hydrogen-bond acceptors (Lipinski definition) is 4. The average molecular weight is 512 g/mol. The fourth-order valence-electron chi connectivity index (χ4n) is 4.83. The van der Waals surface area contributed by atoms with E-state index in [0.29, 0.717) is 27.1 Å². The third kappa shape index (κ3) is 4.17. The highest BCUT2D eigenvalue weighted by molar-refractivity contribution is 6.33. The Morgan fingerprint density at radius 3 is 2.34 bits per heavy atom. The lowest BCUT2D eigenvalue weighted by Gasteiger charge is -2.24. The Bertz CT molecular complexity index is 1550. The molecule has 0 radical (unpaired) electrons. The molecule has 1 aliphatic carbocycles. The van der Waals surface area contributed by atoms with Crippen LogP contribution in [0.5, 0.6) is 0 Å². The fraction of sp³-hybridized carbons (Fsp3) is 0.280. The van der Waals surface area contributed by atoms with Crippen molar-refractivity contribution in [2.45, 2.75) is 44.7 Å². The summed E-state index contributed by atoms with van der Waals surface area (Å²) >= 11 is 12.7. The monoisotopic (exact) mass is 511 g/mol. The molecule has 10 heteroatoms. The molecule has 2 aromatic heterocycles. The minimum absolute atomic E-state index is 0.147. The van der Waals surface area contributed by atoms with E-state index in [1.54, 1.807) is 51.6 Å². The van der Waals surface area contributed by atoms with Gasteiger partial charge in [-0.3, -0.25) is 18.7 Å². The van der Waals surface area contributed by atoms with E-state index in [4.69, 9.17) is 33.9 Å². The molecule has 0 atom stereocenters. The van der Waals surface area contributed by atoms with Crippen LogP contribution in [0.2, 0.25) is 10.0 Å². The van der Waals surface area contributed by atoms with Crippen LogP contribution < -0.4 is 17.0 Å². The normalized spacial score (nSPS) is 14.5. The van der Waals surface area contributed by atoms with Gasteiger partial charge in [0.05, 0.1) is 5.02 Å². The van der Waals surface area contributed by atoms with Gasteiger partial charge in [0.15, 0.2) is 11.2 Å². The summed E-state index contributed by atoms with van der Waals surface area (Å²) < 4.78 is 4.14. The van der Waals surface area contributed by atoms with Gasteiger partial charge >= 0.3 is 5.69 Å². The SMILES string of the molecule is NC(=O)Cn1c(=O)c2c(nc(-c3ccccc3Cl)n2-c2ccc(Cl)cc2)n(C2CCCCC2)c1=O. The molecule has 0 unspecified atom stereocenters. The van der Waals surface area contributed by atoms with Crippen LogP contribution in [0.4, 0.5) is 0 Å². The Morgan fingerprint density at radius 2 is 1.69 bits per heavy atom. The first kappa shape index (κ1) is 23.4. The summed E-state index contributed by atoms with van der Waals surface area (Å²) in [7, 11) is 0. The van der Waals surface area contributed by atoms with Gasteiger partial charge in [0.25, 0.3) is 5.56 Å². The van der Waals surface area contributed by atoms with Crippen LogP contribution in [0.3, 0.4) is 0 Å². The Morgan fingerprint density at radius 1 is 1.00 bits per heavy atom. The molecule has 4 aromatic rings. The highest BCUT2D eigenvalue weighted by Crippen LogP contribution is 2.34. The van der Waals surface area contributed by atoms with Gasteiger partial charge in [-0.15, -0.1) is 0 Å². The van der Waals surface area contributed by atoms with Gasteiger partial charge in [-0.25, -0.2) is 14.3 Å². The van der Waals surface area contributed by atoms with Crippen molar-refractivity contribution in [2.75, 3.05) is 0 Å². The lowest BCUT2D eigenvalue weighted by atomic mass is 9.95. The van der Waals surface area contributed by atoms with Gasteiger partial charge in [0, 0.05) is 22.3 Å². The van der Waals surface area contributed by atoms with Crippen LogP contribution in [0.1, 0.15) is 38.1 Å². The standard InChI is InChI=1S/C25H23Cl2N5O3/c26-15-10-12-17(13-11-15)31-21-23(29-22(31)18-8-4-5-9-19(18)27)32(16-6-2-1-3-7-16)25(35)30(24(21)34)14-20(28)33/h4-5,8-13,16H,1-3,6-7,14H2,(H2,28,33). The molecule has 0 bridgehead atoms. The first-order valence-corrected chi connectivity index (χ1v) is 12.2. The molecule has 5 rings (SSSR count). The van der Waals surface area contributed by atoms with Crippen LogP contribution in [0.25, 0.3) is 28.2 Å². The highest BCUT2D eigenvalue weighted by atomic mass is 35.5. The van der Waals surface area contributed by atoms with Crippen molar-refractivity contribution in [2.24, 2.45) is 5.73 Å². The van der Waals surface area contributed by atoms with E-state index in [1.165, 1.54) is 0 Å². The predicted octanol–water partition coefficient (Wildman–Crippen LogP) is 4.31. The number of imidazole rings is 1. The molecule has 2 N–H and O–H groups in total. The quantitative estimate of drug-likeness (QED) is 0.430. The first-order chi connectivity index (χ1) is 16.9. The number of carbonyl (C=O) groups excluding carboxylic acids is 1. The minimum atomic E-state index is -0.775. The topological polar surface area (TPSA) is 105 Å². The third-order valence-corrected chi connectivity index (χ3v) is 7.01. The van der Waals surface area contributed by atoms with E-state index in [0.717, 1.165) is 36.7 Å². The van der Waals surface area contributed by atoms with E-state index in [-0.39, 0.29) is 17.2 Å². The average Bonchev–Trinajstić information content (AvgIpc) is 3.23. The molecule has 0 saturated heterocycles. The smallest absolute Gasteiger partial charge is 0.333 e. The predicted molar refractivity (Wildman–Crippen MR) is 136 cm³/mol. The number of nitrogens with zero attached hydrogens (tertiary/aromatic N) is 4. The molecule has 1 fully saturated rings. The number of carbonyl (C=O) groups is 1. The van der Waals surface area contributed by atoms with Crippen molar-refractivity contribution in [3.05, 3.63) is 79.4 Å². The molecule has 180 valence electrons. The van der Waals surface area contributed by atoms with Crippen molar-refractivity contribution >= 4 is 40.3 Å². The number of aromatic nitrogens is 4. The number of halogens is 2. The zero-order valence-corrected chi connectivity index (χ0v) is 20.3. The van der Waals surface area contributed by atoms with Gasteiger partial charge in [0.1, 0.15) is 12.4 Å². The zero-order chi connectivity index (χ0) is 24.7. The molecule has 0 spiro atoms. The molecule has 35 heavy (non-hydrogen) atoms. The molecule has 8 nitrogen and oxygen atoms in total. The van der Waals surface area contributed by atoms with Crippen LogP contribution in [0, 0.1) is 0 Å². The maximum absolute atomic E-state index is 13.7. The third-order valence-electron chi connectivity index (χ3n) is 6.43. The van der Waals surface area contributed by atoms with Crippen LogP contribution in [-0.2, 0) is 11.3 Å². The summed E-state index contributed by atoms with van der Waals surface area (Å²) in [5, 5.41) is 0.977. The first-order valence-electron chi connectivity index (χ1n) is 11.4. The van der Waals surface area contributed by atoms with E-state index in [9.17, 15) is 14.4 Å². The van der Waals surface area contributed by atoms with Crippen LogP contribution in [-0.4, -0.2) is 24.6 Å². The van der Waals surface area contributed by atoms with Crippen molar-refractivity contribution < 1.29 is 4.79 Å². The number of nitrogens with two attached hydrogens (primary N) is 1. The van der Waals surface area contributed by atoms with E-state index >= 15 is 0 Å². The Hall–Kier alpha value is -3.36. The van der Waals surface area contributed by atoms with Gasteiger partial charge < -0.3 is 5.73 Å². The minimum Gasteiger partial charge on any atom is -0.368 e. The van der Waals surface area contributed by atoms with Crippen LogP contribution in [0.15, 0.2) is 58.1 Å². The number of fused-ring (bicyclic) bond motifs is 1. The lowest BCUT2D eigenvalue weighted by Crippen LogP contribution is -2.44. The summed E-state index contributed by atoms with van der Waals surface area (Å²) in [6.45, 7) is -0.520. The summed E-state index contributed by atoms with van der Waals surface area (Å²) in [6, 6.07) is 14.0. The van der Waals surface area contributed by atoms with Crippen molar-refractivity contribution in [1.82, 2.24) is 18.7 Å². The Labute approximate surface area is 210 Å². The lowest BCUT2D eigenvalue weighted by molar-refractivity contribution is -0.118. The number of rotatable bonds is 5. The van der Waals surface area contributed by atoms with Crippen molar-refractivity contribution in [3.63, 3.8) is 0 Å².